The summed E-state index contributed by atoms with van der Waals surface area (Å²) in [6.07, 6.45) is 11.8. The summed E-state index contributed by atoms with van der Waals surface area (Å²) < 4.78 is 0. The fourth-order valence-corrected chi connectivity index (χ4v) is 3.62. The van der Waals surface area contributed by atoms with E-state index in [4.69, 9.17) is 5.11 Å². The van der Waals surface area contributed by atoms with Gasteiger partial charge in [-0.3, -0.25) is 0 Å². The van der Waals surface area contributed by atoms with Crippen LogP contribution >= 0.6 is 11.8 Å². The molecule has 0 unspecified atom stereocenters. The number of nitrogens with zero attached hydrogens (tertiary/aromatic N) is 1. The quantitative estimate of drug-likeness (QED) is 0.430. The fourth-order valence-electron chi connectivity index (χ4n) is 2.52. The van der Waals surface area contributed by atoms with Crippen molar-refractivity contribution in [1.82, 2.24) is 0 Å². The molecule has 1 aliphatic heterocycles. The molecule has 1 aliphatic rings. The Labute approximate surface area is 159 Å². The average Bonchev–Trinajstić information content (AvgIpc) is 2.62. The summed E-state index contributed by atoms with van der Waals surface area (Å²) >= 11 is 1.91. The van der Waals surface area contributed by atoms with Crippen molar-refractivity contribution in [3.05, 3.63) is 65.3 Å². The zero-order valence-electron chi connectivity index (χ0n) is 15.2. The van der Waals surface area contributed by atoms with Crippen LogP contribution in [0.15, 0.2) is 59.3 Å². The van der Waals surface area contributed by atoms with Gasteiger partial charge in [0.15, 0.2) is 0 Å². The van der Waals surface area contributed by atoms with Crippen LogP contribution in [-0.2, 0) is 0 Å². The maximum Gasteiger partial charge on any atom is 0.335 e. The van der Waals surface area contributed by atoms with Gasteiger partial charge in [0.05, 0.1) is 5.56 Å². The van der Waals surface area contributed by atoms with Crippen LogP contribution in [0.25, 0.3) is 6.08 Å². The molecule has 0 radical (unpaired) electrons. The van der Waals surface area contributed by atoms with Crippen molar-refractivity contribution in [2.75, 3.05) is 11.5 Å². The van der Waals surface area contributed by atoms with Crippen molar-refractivity contribution in [2.45, 2.75) is 26.7 Å². The third-order valence-electron chi connectivity index (χ3n) is 4.30. The van der Waals surface area contributed by atoms with Crippen LogP contribution in [0.5, 0.6) is 0 Å². The first-order chi connectivity index (χ1) is 12.4. The summed E-state index contributed by atoms with van der Waals surface area (Å²) in [5.74, 6) is 1.13. The lowest BCUT2D eigenvalue weighted by molar-refractivity contribution is 0.0697. The number of oxime groups is 1. The minimum absolute atomic E-state index is 0.209. The topological polar surface area (TPSA) is 69.9 Å². The maximum absolute atomic E-state index is 10.9. The average molecular weight is 372 g/mol. The van der Waals surface area contributed by atoms with Crippen molar-refractivity contribution >= 4 is 29.5 Å². The van der Waals surface area contributed by atoms with E-state index in [1.165, 1.54) is 0 Å². The molecule has 0 aromatic heterocycles. The molecule has 2 rings (SSSR count). The summed E-state index contributed by atoms with van der Waals surface area (Å²) in [4.78, 5) is 10.9. The van der Waals surface area contributed by atoms with Gasteiger partial charge in [-0.15, -0.1) is 0 Å². The molecule has 0 atom stereocenters. The highest BCUT2D eigenvalue weighted by Gasteiger charge is 2.17. The monoisotopic (exact) mass is 371 g/mol. The fraction of sp³-hybridized carbons (Fsp3) is 0.333. The third-order valence-corrected chi connectivity index (χ3v) is 5.22. The zero-order valence-corrected chi connectivity index (χ0v) is 16.0. The Bertz CT molecular complexity index is 743. The Kier molecular flexibility index (Phi) is 7.27. The van der Waals surface area contributed by atoms with Gasteiger partial charge in [0, 0.05) is 5.75 Å². The Morgan fingerprint density at radius 3 is 2.65 bits per heavy atom. The van der Waals surface area contributed by atoms with Gasteiger partial charge in [-0.25, -0.2) is 4.79 Å². The van der Waals surface area contributed by atoms with Crippen LogP contribution in [0.2, 0.25) is 0 Å². The summed E-state index contributed by atoms with van der Waals surface area (Å²) in [5, 5.41) is 21.9. The van der Waals surface area contributed by atoms with Crippen LogP contribution in [0, 0.1) is 5.41 Å². The van der Waals surface area contributed by atoms with Crippen LogP contribution in [0.3, 0.4) is 0 Å². The molecule has 1 aromatic carbocycles. The number of thioether (sulfide) groups is 1. The molecule has 4 nitrogen and oxygen atoms in total. The number of carboxylic acid groups (broad SMARTS) is 1. The highest BCUT2D eigenvalue weighted by atomic mass is 32.2. The van der Waals surface area contributed by atoms with Gasteiger partial charge in [0.2, 0.25) is 0 Å². The van der Waals surface area contributed by atoms with Crippen LogP contribution < -0.4 is 0 Å². The van der Waals surface area contributed by atoms with Gasteiger partial charge in [0.25, 0.3) is 0 Å². The second-order valence-corrected chi connectivity index (χ2v) is 8.15. The van der Waals surface area contributed by atoms with E-state index in [-0.39, 0.29) is 11.0 Å². The van der Waals surface area contributed by atoms with E-state index in [9.17, 15) is 10.0 Å². The SMILES string of the molecule is CC1(C)C/C=C(C(/C=C/c2ccc(C(=O)O)cc2)=N/O)\C=C/CSCC1. The third kappa shape index (κ3) is 6.23. The van der Waals surface area contributed by atoms with Gasteiger partial charge in [-0.2, -0.15) is 11.8 Å². The molecule has 0 saturated carbocycles. The lowest BCUT2D eigenvalue weighted by Gasteiger charge is -2.23. The number of hydrogen-bond acceptors (Lipinski definition) is 4. The van der Waals surface area contributed by atoms with Crippen molar-refractivity contribution in [3.63, 3.8) is 0 Å². The van der Waals surface area contributed by atoms with Gasteiger partial charge in [-0.1, -0.05) is 55.4 Å². The molecule has 1 aromatic rings. The molecule has 0 spiro atoms. The number of aromatic carboxylic acids is 1. The molecule has 5 heteroatoms. The predicted molar refractivity (Wildman–Crippen MR) is 109 cm³/mol. The zero-order chi connectivity index (χ0) is 19.0. The van der Waals surface area contributed by atoms with E-state index in [1.807, 2.05) is 23.9 Å². The van der Waals surface area contributed by atoms with Crippen molar-refractivity contribution < 1.29 is 15.1 Å². The molecule has 0 bridgehead atoms. The van der Waals surface area contributed by atoms with Crippen LogP contribution in [0.4, 0.5) is 0 Å². The second kappa shape index (κ2) is 9.43. The van der Waals surface area contributed by atoms with Crippen molar-refractivity contribution in [1.29, 1.82) is 0 Å². The van der Waals surface area contributed by atoms with Crippen molar-refractivity contribution in [2.24, 2.45) is 10.6 Å². The molecule has 0 fully saturated rings. The van der Waals surface area contributed by atoms with E-state index in [1.54, 1.807) is 30.3 Å². The highest BCUT2D eigenvalue weighted by Crippen LogP contribution is 2.29. The Balaban J connectivity index is 2.20. The summed E-state index contributed by atoms with van der Waals surface area (Å²) in [7, 11) is 0. The van der Waals surface area contributed by atoms with E-state index >= 15 is 0 Å². The first kappa shape index (κ1) is 20.0. The Morgan fingerprint density at radius 2 is 2.00 bits per heavy atom. The first-order valence-electron chi connectivity index (χ1n) is 8.60. The Hall–Kier alpha value is -2.27. The number of carbonyl (C=O) groups is 1. The molecule has 0 saturated heterocycles. The molecule has 2 N–H and O–H groups in total. The summed E-state index contributed by atoms with van der Waals surface area (Å²) in [5.41, 5.74) is 2.68. The molecule has 138 valence electrons. The molecular formula is C21H25NO3S. The summed E-state index contributed by atoms with van der Waals surface area (Å²) in [6.45, 7) is 4.51. The van der Waals surface area contributed by atoms with E-state index < -0.39 is 5.97 Å². The minimum Gasteiger partial charge on any atom is -0.478 e. The van der Waals surface area contributed by atoms with Gasteiger partial charge >= 0.3 is 5.97 Å². The highest BCUT2D eigenvalue weighted by molar-refractivity contribution is 7.99. The number of carboxylic acids is 1. The molecule has 26 heavy (non-hydrogen) atoms. The Morgan fingerprint density at radius 1 is 1.27 bits per heavy atom. The second-order valence-electron chi connectivity index (χ2n) is 7.00. The minimum atomic E-state index is -0.949. The lowest BCUT2D eigenvalue weighted by Crippen LogP contribution is -2.12. The van der Waals surface area contributed by atoms with Gasteiger partial charge < -0.3 is 10.3 Å². The first-order valence-corrected chi connectivity index (χ1v) is 9.75. The van der Waals surface area contributed by atoms with E-state index in [0.717, 1.165) is 35.5 Å². The molecular weight excluding hydrogens is 346 g/mol. The van der Waals surface area contributed by atoms with Gasteiger partial charge in [0.1, 0.15) is 5.71 Å². The lowest BCUT2D eigenvalue weighted by atomic mass is 9.85. The van der Waals surface area contributed by atoms with E-state index in [0.29, 0.717) is 5.71 Å². The number of allylic oxidation sites excluding steroid dienone is 4. The summed E-state index contributed by atoms with van der Waals surface area (Å²) in [6, 6.07) is 6.57. The number of benzene rings is 1. The molecule has 1 heterocycles. The predicted octanol–water partition coefficient (Wildman–Crippen LogP) is 5.26. The number of hydrogen-bond donors (Lipinski definition) is 2. The smallest absolute Gasteiger partial charge is 0.335 e. The van der Waals surface area contributed by atoms with Crippen molar-refractivity contribution in [3.8, 4) is 0 Å². The molecule has 0 amide bonds. The van der Waals surface area contributed by atoms with Crippen LogP contribution in [0.1, 0.15) is 42.6 Å². The standard InChI is InChI=1S/C21H25NO3S/c1-21(2)12-11-17(4-3-14-26-15-13-21)19(22-25)10-7-16-5-8-18(9-6-16)20(23)24/h3-11,25H,12-15H2,1-2H3,(H,23,24)/b4-3-,10-7+,17-11+,22-19+. The van der Waals surface area contributed by atoms with Crippen LogP contribution in [-0.4, -0.2) is 33.5 Å². The maximum atomic E-state index is 10.9. The largest absolute Gasteiger partial charge is 0.478 e. The molecule has 0 aliphatic carbocycles. The van der Waals surface area contributed by atoms with Gasteiger partial charge in [-0.05, 0) is 53.4 Å². The van der Waals surface area contributed by atoms with E-state index in [2.05, 4.69) is 31.2 Å². The normalized spacial score (nSPS) is 21.8. The number of rotatable bonds is 4.